The molecule has 0 spiro atoms. The smallest absolute Gasteiger partial charge is 0.244 e. The Balaban J connectivity index is 3.01. The van der Waals surface area contributed by atoms with E-state index in [4.69, 9.17) is 11.6 Å². The summed E-state index contributed by atoms with van der Waals surface area (Å²) in [6.07, 6.45) is 0. The van der Waals surface area contributed by atoms with Gasteiger partial charge in [0.1, 0.15) is 5.82 Å². The summed E-state index contributed by atoms with van der Waals surface area (Å²) in [7, 11) is 1.68. The fraction of sp³-hybridized carbons (Fsp3) is 0.364. The van der Waals surface area contributed by atoms with Gasteiger partial charge in [0.15, 0.2) is 0 Å². The van der Waals surface area contributed by atoms with E-state index in [9.17, 15) is 9.18 Å². The molecule has 0 aliphatic carbocycles. The van der Waals surface area contributed by atoms with Crippen LogP contribution in [0.1, 0.15) is 13.8 Å². The number of nitrogens with one attached hydrogen (secondary N) is 2. The summed E-state index contributed by atoms with van der Waals surface area (Å²) < 4.78 is 13.4. The predicted octanol–water partition coefficient (Wildman–Crippen LogP) is 3.18. The highest BCUT2D eigenvalue weighted by atomic mass is 79.9. The Morgan fingerprint density at radius 1 is 1.47 bits per heavy atom. The van der Waals surface area contributed by atoms with Crippen LogP contribution in [-0.2, 0) is 4.79 Å². The summed E-state index contributed by atoms with van der Waals surface area (Å²) in [5, 5.41) is 5.67. The minimum absolute atomic E-state index is 0.150. The molecule has 0 aromatic heterocycles. The lowest BCUT2D eigenvalue weighted by Crippen LogP contribution is -2.48. The Labute approximate surface area is 113 Å². The summed E-state index contributed by atoms with van der Waals surface area (Å²) in [6.45, 7) is 3.46. The van der Waals surface area contributed by atoms with Crippen LogP contribution >= 0.6 is 27.5 Å². The molecule has 17 heavy (non-hydrogen) atoms. The summed E-state index contributed by atoms with van der Waals surface area (Å²) in [5.41, 5.74) is -0.377. The van der Waals surface area contributed by atoms with E-state index in [0.717, 1.165) is 6.07 Å². The molecule has 0 unspecified atom stereocenters. The van der Waals surface area contributed by atoms with Gasteiger partial charge in [-0.15, -0.1) is 0 Å². The zero-order chi connectivity index (χ0) is 13.2. The molecule has 0 aliphatic heterocycles. The van der Waals surface area contributed by atoms with E-state index in [1.807, 2.05) is 0 Å². The second kappa shape index (κ2) is 5.33. The molecular weight excluding hydrogens is 310 g/mol. The highest BCUT2D eigenvalue weighted by molar-refractivity contribution is 9.10. The average molecular weight is 324 g/mol. The van der Waals surface area contributed by atoms with Gasteiger partial charge in [-0.05, 0) is 49.0 Å². The standard InChI is InChI=1S/C11H13BrClFN2O/c1-11(2,15-3)10(17)16-9-7(12)4-6(14)5-8(9)13/h4-5,15H,1-3H3,(H,16,17). The summed E-state index contributed by atoms with van der Waals surface area (Å²) in [6, 6.07) is 2.39. The van der Waals surface area contributed by atoms with Gasteiger partial charge in [0, 0.05) is 4.47 Å². The number of benzene rings is 1. The fourth-order valence-electron chi connectivity index (χ4n) is 1.04. The van der Waals surface area contributed by atoms with Crippen LogP contribution in [0.5, 0.6) is 0 Å². The summed E-state index contributed by atoms with van der Waals surface area (Å²) in [4.78, 5) is 11.9. The first-order valence-corrected chi connectivity index (χ1v) is 6.10. The van der Waals surface area contributed by atoms with E-state index in [1.54, 1.807) is 20.9 Å². The maximum absolute atomic E-state index is 13.0. The van der Waals surface area contributed by atoms with Crippen molar-refractivity contribution in [3.05, 3.63) is 27.4 Å². The Morgan fingerprint density at radius 3 is 2.53 bits per heavy atom. The van der Waals surface area contributed by atoms with Crippen LogP contribution < -0.4 is 10.6 Å². The first kappa shape index (κ1) is 14.4. The van der Waals surface area contributed by atoms with Gasteiger partial charge < -0.3 is 10.6 Å². The lowest BCUT2D eigenvalue weighted by molar-refractivity contribution is -0.121. The second-order valence-corrected chi connectivity index (χ2v) is 5.34. The molecule has 1 aromatic carbocycles. The van der Waals surface area contributed by atoms with Crippen LogP contribution in [0.3, 0.4) is 0 Å². The van der Waals surface area contributed by atoms with Crippen molar-refractivity contribution in [2.75, 3.05) is 12.4 Å². The SMILES string of the molecule is CNC(C)(C)C(=O)Nc1c(Cl)cc(F)cc1Br. The van der Waals surface area contributed by atoms with Gasteiger partial charge in [-0.2, -0.15) is 0 Å². The lowest BCUT2D eigenvalue weighted by atomic mass is 10.1. The molecule has 1 amide bonds. The van der Waals surface area contributed by atoms with Crippen LogP contribution in [0.4, 0.5) is 10.1 Å². The molecule has 0 radical (unpaired) electrons. The fourth-order valence-corrected chi connectivity index (χ4v) is 1.94. The Morgan fingerprint density at radius 2 is 2.06 bits per heavy atom. The third-order valence-electron chi connectivity index (χ3n) is 2.44. The average Bonchev–Trinajstić information content (AvgIpc) is 2.22. The largest absolute Gasteiger partial charge is 0.322 e. The summed E-state index contributed by atoms with van der Waals surface area (Å²) >= 11 is 9.02. The Bertz CT molecular complexity index is 428. The number of anilines is 1. The molecule has 0 bridgehead atoms. The molecule has 0 saturated heterocycles. The van der Waals surface area contributed by atoms with Gasteiger partial charge in [0.2, 0.25) is 5.91 Å². The van der Waals surface area contributed by atoms with Crippen molar-refractivity contribution >= 4 is 39.1 Å². The highest BCUT2D eigenvalue weighted by Gasteiger charge is 2.26. The van der Waals surface area contributed by atoms with Crippen molar-refractivity contribution in [1.82, 2.24) is 5.32 Å². The molecule has 2 N–H and O–H groups in total. The Hall–Kier alpha value is -0.650. The van der Waals surface area contributed by atoms with Crippen molar-refractivity contribution < 1.29 is 9.18 Å². The highest BCUT2D eigenvalue weighted by Crippen LogP contribution is 2.32. The number of amides is 1. The third-order valence-corrected chi connectivity index (χ3v) is 3.36. The maximum Gasteiger partial charge on any atom is 0.244 e. The number of hydrogen-bond acceptors (Lipinski definition) is 2. The molecule has 0 atom stereocenters. The minimum atomic E-state index is -0.739. The molecule has 0 fully saturated rings. The van der Waals surface area contributed by atoms with Gasteiger partial charge >= 0.3 is 0 Å². The number of rotatable bonds is 3. The van der Waals surface area contributed by atoms with Crippen molar-refractivity contribution in [3.8, 4) is 0 Å². The molecule has 1 rings (SSSR count). The number of likely N-dealkylation sites (N-methyl/N-ethyl adjacent to an activating group) is 1. The quantitative estimate of drug-likeness (QED) is 0.897. The van der Waals surface area contributed by atoms with Crippen LogP contribution in [0, 0.1) is 5.82 Å². The van der Waals surface area contributed by atoms with Crippen LogP contribution in [-0.4, -0.2) is 18.5 Å². The molecule has 0 saturated carbocycles. The molecule has 1 aromatic rings. The van der Waals surface area contributed by atoms with Crippen LogP contribution in [0.2, 0.25) is 5.02 Å². The van der Waals surface area contributed by atoms with Gasteiger partial charge in [0.25, 0.3) is 0 Å². The van der Waals surface area contributed by atoms with Crippen LogP contribution in [0.25, 0.3) is 0 Å². The maximum atomic E-state index is 13.0. The van der Waals surface area contributed by atoms with Crippen molar-refractivity contribution in [3.63, 3.8) is 0 Å². The van der Waals surface area contributed by atoms with Gasteiger partial charge in [-0.25, -0.2) is 4.39 Å². The van der Waals surface area contributed by atoms with Crippen molar-refractivity contribution in [1.29, 1.82) is 0 Å². The van der Waals surface area contributed by atoms with Gasteiger partial charge in [-0.3, -0.25) is 4.79 Å². The van der Waals surface area contributed by atoms with Gasteiger partial charge in [0.05, 0.1) is 16.2 Å². The van der Waals surface area contributed by atoms with E-state index in [0.29, 0.717) is 10.2 Å². The first-order chi connectivity index (χ1) is 7.77. The monoisotopic (exact) mass is 322 g/mol. The molecule has 0 aliphatic rings. The van der Waals surface area contributed by atoms with Crippen molar-refractivity contribution in [2.24, 2.45) is 0 Å². The molecular formula is C11H13BrClFN2O. The van der Waals surface area contributed by atoms with E-state index in [1.165, 1.54) is 6.07 Å². The molecule has 3 nitrogen and oxygen atoms in total. The first-order valence-electron chi connectivity index (χ1n) is 4.93. The molecule has 6 heteroatoms. The second-order valence-electron chi connectivity index (χ2n) is 4.07. The van der Waals surface area contributed by atoms with E-state index < -0.39 is 11.4 Å². The number of carbonyl (C=O) groups is 1. The van der Waals surface area contributed by atoms with E-state index in [-0.39, 0.29) is 10.9 Å². The topological polar surface area (TPSA) is 41.1 Å². The number of halogens is 3. The summed E-state index contributed by atoms with van der Waals surface area (Å²) in [5.74, 6) is -0.720. The number of hydrogen-bond donors (Lipinski definition) is 2. The lowest BCUT2D eigenvalue weighted by Gasteiger charge is -2.23. The minimum Gasteiger partial charge on any atom is -0.322 e. The predicted molar refractivity (Wildman–Crippen MR) is 70.9 cm³/mol. The normalized spacial score (nSPS) is 11.4. The van der Waals surface area contributed by atoms with E-state index >= 15 is 0 Å². The van der Waals surface area contributed by atoms with Crippen molar-refractivity contribution in [2.45, 2.75) is 19.4 Å². The van der Waals surface area contributed by atoms with E-state index in [2.05, 4.69) is 26.6 Å². The third kappa shape index (κ3) is 3.40. The van der Waals surface area contributed by atoms with Gasteiger partial charge in [-0.1, -0.05) is 11.6 Å². The molecule has 0 heterocycles. The zero-order valence-electron chi connectivity index (χ0n) is 9.70. The van der Waals surface area contributed by atoms with Crippen LogP contribution in [0.15, 0.2) is 16.6 Å². The zero-order valence-corrected chi connectivity index (χ0v) is 12.0. The Kier molecular flexibility index (Phi) is 4.52. The number of carbonyl (C=O) groups excluding carboxylic acids is 1. The molecule has 94 valence electrons.